The Morgan fingerprint density at radius 3 is 2.91 bits per heavy atom. The lowest BCUT2D eigenvalue weighted by atomic mass is 9.67. The Balaban J connectivity index is 1.51. The molecule has 5 nitrogen and oxygen atoms in total. The lowest BCUT2D eigenvalue weighted by Crippen LogP contribution is -2.58. The molecule has 4 atom stereocenters. The average Bonchev–Trinajstić information content (AvgIpc) is 2.84. The predicted molar refractivity (Wildman–Crippen MR) is 84.0 cm³/mol. The van der Waals surface area contributed by atoms with Crippen molar-refractivity contribution in [1.29, 1.82) is 0 Å². The van der Waals surface area contributed by atoms with Gasteiger partial charge in [0.25, 0.3) is 0 Å². The molecule has 22 heavy (non-hydrogen) atoms. The highest BCUT2D eigenvalue weighted by Crippen LogP contribution is 2.45. The molecular formula is C17H25N3O2. The van der Waals surface area contributed by atoms with Gasteiger partial charge in [0.2, 0.25) is 5.95 Å². The monoisotopic (exact) mass is 303 g/mol. The molecule has 2 aliphatic carbocycles. The number of aryl methyl sites for hydroxylation is 1. The molecule has 2 saturated carbocycles. The highest BCUT2D eigenvalue weighted by atomic mass is 16.5. The highest BCUT2D eigenvalue weighted by molar-refractivity contribution is 5.34. The summed E-state index contributed by atoms with van der Waals surface area (Å²) in [6.07, 6.45) is 5.35. The topological polar surface area (TPSA) is 56.3 Å². The second kappa shape index (κ2) is 5.78. The summed E-state index contributed by atoms with van der Waals surface area (Å²) < 4.78 is 11.2. The molecule has 2 heterocycles. The van der Waals surface area contributed by atoms with E-state index in [0.717, 1.165) is 31.3 Å². The predicted octanol–water partition coefficient (Wildman–Crippen LogP) is 2.51. The zero-order valence-electron chi connectivity index (χ0n) is 13.4. The Morgan fingerprint density at radius 1 is 1.32 bits per heavy atom. The van der Waals surface area contributed by atoms with Crippen molar-refractivity contribution in [1.82, 2.24) is 9.97 Å². The number of nitrogens with zero attached hydrogens (tertiary/aromatic N) is 2. The maximum absolute atomic E-state index is 5.84. The van der Waals surface area contributed by atoms with Crippen LogP contribution in [0.25, 0.3) is 0 Å². The van der Waals surface area contributed by atoms with Crippen molar-refractivity contribution in [3.63, 3.8) is 0 Å². The molecule has 1 saturated heterocycles. The first-order valence-electron chi connectivity index (χ1n) is 8.49. The van der Waals surface area contributed by atoms with Gasteiger partial charge in [-0.3, -0.25) is 0 Å². The van der Waals surface area contributed by atoms with Crippen LogP contribution in [0.15, 0.2) is 6.07 Å². The number of hydrogen-bond donors (Lipinski definition) is 1. The van der Waals surface area contributed by atoms with Crippen molar-refractivity contribution in [2.45, 2.75) is 50.7 Å². The summed E-state index contributed by atoms with van der Waals surface area (Å²) in [6, 6.07) is 2.52. The van der Waals surface area contributed by atoms with Crippen LogP contribution < -0.4 is 5.32 Å². The maximum atomic E-state index is 5.84. The number of ether oxygens (including phenoxy) is 2. The number of aromatic nitrogens is 2. The van der Waals surface area contributed by atoms with Crippen LogP contribution in [-0.2, 0) is 9.47 Å². The van der Waals surface area contributed by atoms with E-state index >= 15 is 0 Å². The van der Waals surface area contributed by atoms with Crippen molar-refractivity contribution in [2.24, 2.45) is 11.8 Å². The van der Waals surface area contributed by atoms with E-state index in [9.17, 15) is 0 Å². The molecule has 3 fully saturated rings. The molecule has 1 N–H and O–H groups in total. The van der Waals surface area contributed by atoms with Gasteiger partial charge in [-0.25, -0.2) is 9.97 Å². The minimum absolute atomic E-state index is 0.355. The Kier molecular flexibility index (Phi) is 3.78. The molecule has 1 aromatic heterocycles. The Hall–Kier alpha value is -1.20. The van der Waals surface area contributed by atoms with Crippen LogP contribution in [-0.4, -0.2) is 42.4 Å². The lowest BCUT2D eigenvalue weighted by molar-refractivity contribution is -0.0668. The fraction of sp³-hybridized carbons (Fsp3) is 0.765. The first kappa shape index (κ1) is 14.4. The zero-order chi connectivity index (χ0) is 15.1. The van der Waals surface area contributed by atoms with E-state index in [4.69, 9.17) is 14.5 Å². The lowest BCUT2D eigenvalue weighted by Gasteiger charge is -2.47. The van der Waals surface area contributed by atoms with Crippen molar-refractivity contribution in [3.05, 3.63) is 17.5 Å². The normalized spacial score (nSPS) is 33.9. The third-order valence-corrected chi connectivity index (χ3v) is 5.58. The largest absolute Gasteiger partial charge is 0.384 e. The second-order valence-electron chi connectivity index (χ2n) is 6.96. The second-order valence-corrected chi connectivity index (χ2v) is 6.96. The van der Waals surface area contributed by atoms with Crippen LogP contribution in [0, 0.1) is 18.8 Å². The number of rotatable bonds is 5. The van der Waals surface area contributed by atoms with Crippen molar-refractivity contribution in [3.8, 4) is 0 Å². The van der Waals surface area contributed by atoms with Crippen molar-refractivity contribution >= 4 is 5.95 Å². The molecule has 5 heteroatoms. The number of fused-ring (bicyclic) bond motifs is 1. The summed E-state index contributed by atoms with van der Waals surface area (Å²) in [4.78, 5) is 9.38. The van der Waals surface area contributed by atoms with Gasteiger partial charge in [-0.2, -0.15) is 0 Å². The molecule has 120 valence electrons. The van der Waals surface area contributed by atoms with Gasteiger partial charge in [0.1, 0.15) is 0 Å². The third-order valence-electron chi connectivity index (χ3n) is 5.58. The van der Waals surface area contributed by atoms with E-state index in [1.54, 1.807) is 7.11 Å². The van der Waals surface area contributed by atoms with Gasteiger partial charge in [-0.1, -0.05) is 6.42 Å². The van der Waals surface area contributed by atoms with E-state index < -0.39 is 0 Å². The molecule has 3 aliphatic rings. The summed E-state index contributed by atoms with van der Waals surface area (Å²) in [5.74, 6) is 2.42. The minimum atomic E-state index is 0.355. The van der Waals surface area contributed by atoms with Crippen LogP contribution in [0.3, 0.4) is 0 Å². The minimum Gasteiger partial charge on any atom is -0.384 e. The maximum Gasteiger partial charge on any atom is 0.223 e. The number of methoxy groups -OCH3 is 1. The van der Waals surface area contributed by atoms with Crippen LogP contribution >= 0.6 is 0 Å². The van der Waals surface area contributed by atoms with E-state index in [1.807, 2.05) is 0 Å². The summed E-state index contributed by atoms with van der Waals surface area (Å²) in [5, 5.41) is 3.59. The van der Waals surface area contributed by atoms with Crippen LogP contribution in [0.5, 0.6) is 0 Å². The van der Waals surface area contributed by atoms with E-state index in [2.05, 4.69) is 23.3 Å². The van der Waals surface area contributed by atoms with Gasteiger partial charge < -0.3 is 14.8 Å². The summed E-state index contributed by atoms with van der Waals surface area (Å²) >= 11 is 0. The highest BCUT2D eigenvalue weighted by Gasteiger charge is 2.54. The first-order chi connectivity index (χ1) is 10.8. The first-order valence-corrected chi connectivity index (χ1v) is 8.49. The molecule has 0 aromatic carbocycles. The zero-order valence-corrected chi connectivity index (χ0v) is 13.4. The average molecular weight is 303 g/mol. The van der Waals surface area contributed by atoms with Gasteiger partial charge in [-0.15, -0.1) is 0 Å². The number of hydrogen-bond acceptors (Lipinski definition) is 5. The van der Waals surface area contributed by atoms with Crippen LogP contribution in [0.4, 0.5) is 5.95 Å². The number of anilines is 1. The molecule has 4 rings (SSSR count). The standard InChI is InChI=1S/C17H25N3O2/c1-10-8-14(11-4-3-5-11)19-17(18-10)20-15-12-6-7-22-16(12)13(15)9-21-2/h8,11-13,15-16H,3-7,9H2,1-2H3,(H,18,19,20)/t12-,13+,15+,16-/m1/s1. The SMILES string of the molecule is COC[C@H]1[C@@H](Nc2nc(C)cc(C3CCC3)n2)[C@H]2CCO[C@H]21. The van der Waals surface area contributed by atoms with Gasteiger partial charge in [0.05, 0.1) is 12.7 Å². The van der Waals surface area contributed by atoms with Gasteiger partial charge >= 0.3 is 0 Å². The Morgan fingerprint density at radius 2 is 2.18 bits per heavy atom. The molecule has 0 bridgehead atoms. The van der Waals surface area contributed by atoms with E-state index in [0.29, 0.717) is 29.9 Å². The number of nitrogens with one attached hydrogen (secondary N) is 1. The smallest absolute Gasteiger partial charge is 0.223 e. The fourth-order valence-electron chi connectivity index (χ4n) is 4.15. The van der Waals surface area contributed by atoms with Gasteiger partial charge in [-0.05, 0) is 32.3 Å². The van der Waals surface area contributed by atoms with Gasteiger partial charge in [0.15, 0.2) is 0 Å². The molecule has 0 radical (unpaired) electrons. The quantitative estimate of drug-likeness (QED) is 0.906. The molecule has 1 aromatic rings. The van der Waals surface area contributed by atoms with Crippen molar-refractivity contribution < 1.29 is 9.47 Å². The molecule has 0 amide bonds. The van der Waals surface area contributed by atoms with Crippen LogP contribution in [0.1, 0.15) is 43.0 Å². The van der Waals surface area contributed by atoms with Crippen molar-refractivity contribution in [2.75, 3.05) is 25.6 Å². The third kappa shape index (κ3) is 2.40. The summed E-state index contributed by atoms with van der Waals surface area (Å²) in [5.41, 5.74) is 2.27. The molecule has 1 aliphatic heterocycles. The Bertz CT molecular complexity index is 547. The van der Waals surface area contributed by atoms with E-state index in [-0.39, 0.29) is 0 Å². The molecular weight excluding hydrogens is 278 g/mol. The molecule has 0 spiro atoms. The Labute approximate surface area is 131 Å². The van der Waals surface area contributed by atoms with Crippen LogP contribution in [0.2, 0.25) is 0 Å². The van der Waals surface area contributed by atoms with E-state index in [1.165, 1.54) is 25.0 Å². The summed E-state index contributed by atoms with van der Waals surface area (Å²) in [6.45, 7) is 3.67. The van der Waals surface area contributed by atoms with Gasteiger partial charge in [0, 0.05) is 48.9 Å². The fourth-order valence-corrected chi connectivity index (χ4v) is 4.15. The summed E-state index contributed by atoms with van der Waals surface area (Å²) in [7, 11) is 1.76. The molecule has 0 unspecified atom stereocenters.